The Morgan fingerprint density at radius 2 is 2.00 bits per heavy atom. The van der Waals surface area contributed by atoms with Crippen molar-refractivity contribution in [2.45, 2.75) is 6.54 Å². The molecule has 0 N–H and O–H groups in total. The maximum absolute atomic E-state index is 13.4. The van der Waals surface area contributed by atoms with Crippen molar-refractivity contribution in [3.63, 3.8) is 0 Å². The number of benzene rings is 2. The number of halogens is 2. The predicted molar refractivity (Wildman–Crippen MR) is 81.8 cm³/mol. The molecule has 0 aliphatic carbocycles. The molecule has 21 heavy (non-hydrogen) atoms. The molecule has 1 heterocycles. The summed E-state index contributed by atoms with van der Waals surface area (Å²) in [6.07, 6.45) is 1.84. The lowest BCUT2D eigenvalue weighted by atomic mass is 10.1. The van der Waals surface area contributed by atoms with Crippen LogP contribution in [0.3, 0.4) is 0 Å². The highest BCUT2D eigenvalue weighted by atomic mass is 79.9. The molecule has 0 aliphatic rings. The van der Waals surface area contributed by atoms with Crippen LogP contribution in [0.5, 0.6) is 0 Å². The number of fused-ring (bicyclic) bond motifs is 1. The second-order valence-electron chi connectivity index (χ2n) is 4.68. The highest BCUT2D eigenvalue weighted by Crippen LogP contribution is 2.25. The van der Waals surface area contributed by atoms with Crippen LogP contribution in [0.4, 0.5) is 10.1 Å². The molecule has 0 bridgehead atoms. The predicted octanol–water partition coefficient (Wildman–Crippen LogP) is 4.50. The van der Waals surface area contributed by atoms with Gasteiger partial charge in [0.05, 0.1) is 17.0 Å². The van der Waals surface area contributed by atoms with E-state index < -0.39 is 10.7 Å². The van der Waals surface area contributed by atoms with Gasteiger partial charge in [-0.3, -0.25) is 10.1 Å². The fourth-order valence-corrected chi connectivity index (χ4v) is 2.69. The van der Waals surface area contributed by atoms with Crippen molar-refractivity contribution >= 4 is 32.5 Å². The van der Waals surface area contributed by atoms with E-state index in [0.717, 1.165) is 21.4 Å². The Morgan fingerprint density at radius 1 is 1.19 bits per heavy atom. The zero-order valence-corrected chi connectivity index (χ0v) is 12.4. The monoisotopic (exact) mass is 348 g/mol. The first kappa shape index (κ1) is 13.8. The molecule has 1 aromatic heterocycles. The quantitative estimate of drug-likeness (QED) is 0.516. The second-order valence-corrected chi connectivity index (χ2v) is 5.59. The van der Waals surface area contributed by atoms with Crippen molar-refractivity contribution in [1.82, 2.24) is 4.57 Å². The Hall–Kier alpha value is -2.21. The molecule has 0 saturated heterocycles. The number of rotatable bonds is 3. The van der Waals surface area contributed by atoms with E-state index in [1.54, 1.807) is 0 Å². The Kier molecular flexibility index (Phi) is 3.47. The van der Waals surface area contributed by atoms with Gasteiger partial charge >= 0.3 is 0 Å². The van der Waals surface area contributed by atoms with E-state index >= 15 is 0 Å². The van der Waals surface area contributed by atoms with Crippen molar-refractivity contribution in [2.24, 2.45) is 0 Å². The van der Waals surface area contributed by atoms with Gasteiger partial charge in [0, 0.05) is 22.3 Å². The molecular formula is C15H10BrFN2O2. The van der Waals surface area contributed by atoms with Crippen LogP contribution >= 0.6 is 15.9 Å². The number of nitro groups is 1. The molecule has 2 aromatic carbocycles. The van der Waals surface area contributed by atoms with Crippen LogP contribution in [0.15, 0.2) is 53.1 Å². The van der Waals surface area contributed by atoms with E-state index in [9.17, 15) is 14.5 Å². The summed E-state index contributed by atoms with van der Waals surface area (Å²) in [6.45, 7) is 0.244. The number of nitrogens with zero attached hydrogens (tertiary/aromatic N) is 2. The van der Waals surface area contributed by atoms with E-state index in [4.69, 9.17) is 0 Å². The van der Waals surface area contributed by atoms with Gasteiger partial charge in [-0.1, -0.05) is 22.0 Å². The molecule has 3 rings (SSSR count). The summed E-state index contributed by atoms with van der Waals surface area (Å²) in [5.74, 6) is -0.478. The van der Waals surface area contributed by atoms with Crippen LogP contribution in [0.1, 0.15) is 5.56 Å². The Balaban J connectivity index is 2.08. The minimum atomic E-state index is -0.490. The summed E-state index contributed by atoms with van der Waals surface area (Å²) in [5.41, 5.74) is 1.20. The van der Waals surface area contributed by atoms with Gasteiger partial charge in [-0.2, -0.15) is 0 Å². The lowest BCUT2D eigenvalue weighted by Gasteiger charge is -2.07. The molecular weight excluding hydrogens is 339 g/mol. The van der Waals surface area contributed by atoms with Crippen LogP contribution in [0.2, 0.25) is 0 Å². The average molecular weight is 349 g/mol. The number of nitro benzene ring substituents is 1. The molecule has 0 saturated carbocycles. The van der Waals surface area contributed by atoms with Gasteiger partial charge < -0.3 is 4.57 Å². The van der Waals surface area contributed by atoms with E-state index in [0.29, 0.717) is 5.56 Å². The van der Waals surface area contributed by atoms with Crippen LogP contribution in [0.25, 0.3) is 10.9 Å². The highest BCUT2D eigenvalue weighted by molar-refractivity contribution is 9.10. The molecule has 0 amide bonds. The van der Waals surface area contributed by atoms with Crippen molar-refractivity contribution in [3.8, 4) is 0 Å². The minimum absolute atomic E-state index is 0.0757. The normalized spacial score (nSPS) is 11.0. The maximum atomic E-state index is 13.4. The van der Waals surface area contributed by atoms with Crippen molar-refractivity contribution in [3.05, 3.63) is 74.6 Å². The van der Waals surface area contributed by atoms with Gasteiger partial charge in [-0.25, -0.2) is 4.39 Å². The average Bonchev–Trinajstić information content (AvgIpc) is 2.81. The molecule has 106 valence electrons. The Morgan fingerprint density at radius 3 is 2.76 bits per heavy atom. The van der Waals surface area contributed by atoms with Crippen LogP contribution < -0.4 is 0 Å². The van der Waals surface area contributed by atoms with Gasteiger partial charge in [0.25, 0.3) is 5.69 Å². The first-order chi connectivity index (χ1) is 10.0. The topological polar surface area (TPSA) is 48.1 Å². The Labute approximate surface area is 128 Å². The van der Waals surface area contributed by atoms with Crippen molar-refractivity contribution < 1.29 is 9.31 Å². The van der Waals surface area contributed by atoms with Crippen LogP contribution in [-0.4, -0.2) is 9.49 Å². The maximum Gasteiger partial charge on any atom is 0.274 e. The molecule has 0 atom stereocenters. The summed E-state index contributed by atoms with van der Waals surface area (Å²) in [6, 6.07) is 11.3. The molecule has 0 unspecified atom stereocenters. The summed E-state index contributed by atoms with van der Waals surface area (Å²) >= 11 is 3.40. The molecule has 4 nitrogen and oxygen atoms in total. The molecule has 0 aliphatic heterocycles. The molecule has 0 fully saturated rings. The standard InChI is InChI=1S/C15H10BrFN2O2/c16-12-2-1-10-5-6-18(15(10)8-12)9-11-7-13(17)3-4-14(11)19(20)21/h1-8H,9H2. The third-order valence-electron chi connectivity index (χ3n) is 3.31. The van der Waals surface area contributed by atoms with Crippen LogP contribution in [0, 0.1) is 15.9 Å². The summed E-state index contributed by atoms with van der Waals surface area (Å²) in [7, 11) is 0. The van der Waals surface area contributed by atoms with Crippen molar-refractivity contribution in [1.29, 1.82) is 0 Å². The lowest BCUT2D eigenvalue weighted by Crippen LogP contribution is -2.02. The number of hydrogen-bond donors (Lipinski definition) is 0. The van der Waals surface area contributed by atoms with Gasteiger partial charge in [-0.05, 0) is 35.7 Å². The minimum Gasteiger partial charge on any atom is -0.343 e. The van der Waals surface area contributed by atoms with Crippen molar-refractivity contribution in [2.75, 3.05) is 0 Å². The zero-order chi connectivity index (χ0) is 15.0. The van der Waals surface area contributed by atoms with Gasteiger partial charge in [0.1, 0.15) is 5.82 Å². The highest BCUT2D eigenvalue weighted by Gasteiger charge is 2.15. The first-order valence-electron chi connectivity index (χ1n) is 6.22. The smallest absolute Gasteiger partial charge is 0.274 e. The third kappa shape index (κ3) is 2.67. The number of aromatic nitrogens is 1. The van der Waals surface area contributed by atoms with Gasteiger partial charge in [-0.15, -0.1) is 0 Å². The molecule has 3 aromatic rings. The van der Waals surface area contributed by atoms with Gasteiger partial charge in [0.2, 0.25) is 0 Å². The first-order valence-corrected chi connectivity index (χ1v) is 7.01. The SMILES string of the molecule is O=[N+]([O-])c1ccc(F)cc1Cn1ccc2ccc(Br)cc21. The summed E-state index contributed by atoms with van der Waals surface area (Å²) in [4.78, 5) is 10.6. The van der Waals surface area contributed by atoms with E-state index in [1.807, 2.05) is 35.0 Å². The zero-order valence-electron chi connectivity index (χ0n) is 10.8. The summed E-state index contributed by atoms with van der Waals surface area (Å²) in [5, 5.41) is 12.1. The molecule has 0 spiro atoms. The lowest BCUT2D eigenvalue weighted by molar-refractivity contribution is -0.385. The van der Waals surface area contributed by atoms with E-state index in [-0.39, 0.29) is 12.2 Å². The molecule has 0 radical (unpaired) electrons. The second kappa shape index (κ2) is 5.29. The molecule has 6 heteroatoms. The Bertz CT molecular complexity index is 845. The third-order valence-corrected chi connectivity index (χ3v) is 3.81. The van der Waals surface area contributed by atoms with Gasteiger partial charge in [0.15, 0.2) is 0 Å². The van der Waals surface area contributed by atoms with E-state index in [1.165, 1.54) is 12.1 Å². The summed E-state index contributed by atoms with van der Waals surface area (Å²) < 4.78 is 16.2. The van der Waals surface area contributed by atoms with E-state index in [2.05, 4.69) is 15.9 Å². The fourth-order valence-electron chi connectivity index (χ4n) is 2.34. The largest absolute Gasteiger partial charge is 0.343 e. The number of hydrogen-bond acceptors (Lipinski definition) is 2. The van der Waals surface area contributed by atoms with Crippen LogP contribution in [-0.2, 0) is 6.54 Å². The fraction of sp³-hybridized carbons (Fsp3) is 0.0667.